The lowest BCUT2D eigenvalue weighted by atomic mass is 10.00. The molecule has 0 aliphatic rings. The molecule has 1 aromatic carbocycles. The van der Waals surface area contributed by atoms with E-state index in [2.05, 4.69) is 30.6 Å². The summed E-state index contributed by atoms with van der Waals surface area (Å²) in [5, 5.41) is 15.3. The Hall–Kier alpha value is -3.95. The van der Waals surface area contributed by atoms with Crippen molar-refractivity contribution in [1.82, 2.24) is 35.3 Å². The number of pyridine rings is 1. The SMILES string of the molecule is COc1ccc(-c2n[nH]c(CNC(=O)CCc3c(C)nc4c(c(OC)nn4C)c3C)n2)cc1. The summed E-state index contributed by atoms with van der Waals surface area (Å²) >= 11 is 0. The van der Waals surface area contributed by atoms with E-state index in [1.165, 1.54) is 0 Å². The highest BCUT2D eigenvalue weighted by Gasteiger charge is 2.18. The molecule has 2 N–H and O–H groups in total. The van der Waals surface area contributed by atoms with Crippen molar-refractivity contribution in [3.05, 3.63) is 46.9 Å². The molecule has 0 fully saturated rings. The van der Waals surface area contributed by atoms with Crippen LogP contribution in [0.2, 0.25) is 0 Å². The zero-order valence-corrected chi connectivity index (χ0v) is 19.4. The first kappa shape index (κ1) is 22.3. The minimum atomic E-state index is -0.0746. The van der Waals surface area contributed by atoms with Gasteiger partial charge in [0.15, 0.2) is 11.5 Å². The maximum Gasteiger partial charge on any atom is 0.242 e. The van der Waals surface area contributed by atoms with Gasteiger partial charge >= 0.3 is 0 Å². The number of amides is 1. The van der Waals surface area contributed by atoms with Crippen molar-refractivity contribution in [3.63, 3.8) is 0 Å². The molecule has 3 aromatic heterocycles. The summed E-state index contributed by atoms with van der Waals surface area (Å²) in [5.41, 5.74) is 4.59. The first-order valence-corrected chi connectivity index (χ1v) is 10.6. The molecule has 33 heavy (non-hydrogen) atoms. The second kappa shape index (κ2) is 9.27. The third-order valence-corrected chi connectivity index (χ3v) is 5.65. The lowest BCUT2D eigenvalue weighted by Gasteiger charge is -2.11. The fraction of sp³-hybridized carbons (Fsp3) is 0.348. The topological polar surface area (TPSA) is 120 Å². The zero-order valence-electron chi connectivity index (χ0n) is 19.4. The number of hydrogen-bond acceptors (Lipinski definition) is 7. The van der Waals surface area contributed by atoms with Crippen LogP contribution < -0.4 is 14.8 Å². The fourth-order valence-electron chi connectivity index (χ4n) is 3.86. The Kier molecular flexibility index (Phi) is 6.25. The molecule has 1 amide bonds. The Morgan fingerprint density at radius 1 is 1.12 bits per heavy atom. The van der Waals surface area contributed by atoms with E-state index in [1.54, 1.807) is 18.9 Å². The van der Waals surface area contributed by atoms with Crippen LogP contribution in [0, 0.1) is 13.8 Å². The van der Waals surface area contributed by atoms with Gasteiger partial charge in [0.1, 0.15) is 11.6 Å². The van der Waals surface area contributed by atoms with Gasteiger partial charge in [-0.15, -0.1) is 5.10 Å². The summed E-state index contributed by atoms with van der Waals surface area (Å²) in [7, 11) is 5.06. The second-order valence-corrected chi connectivity index (χ2v) is 7.74. The number of nitrogens with one attached hydrogen (secondary N) is 2. The molecule has 3 heterocycles. The highest BCUT2D eigenvalue weighted by atomic mass is 16.5. The summed E-state index contributed by atoms with van der Waals surface area (Å²) in [6, 6.07) is 7.48. The highest BCUT2D eigenvalue weighted by molar-refractivity contribution is 5.86. The fourth-order valence-corrected chi connectivity index (χ4v) is 3.86. The standard InChI is InChI=1S/C23H27N7O3/c1-13-17(14(2)25-22-20(13)23(33-5)29-30(22)3)10-11-19(31)24-12-18-26-21(28-27-18)15-6-8-16(32-4)9-7-15/h6-9H,10-12H2,1-5H3,(H,24,31)(H,26,27,28). The van der Waals surface area contributed by atoms with Crippen molar-refractivity contribution in [2.45, 2.75) is 33.2 Å². The highest BCUT2D eigenvalue weighted by Crippen LogP contribution is 2.30. The first-order chi connectivity index (χ1) is 15.9. The zero-order chi connectivity index (χ0) is 23.5. The number of aryl methyl sites for hydroxylation is 3. The van der Waals surface area contributed by atoms with Gasteiger partial charge in [0, 0.05) is 24.7 Å². The number of carbonyl (C=O) groups is 1. The third kappa shape index (κ3) is 4.50. The van der Waals surface area contributed by atoms with E-state index in [9.17, 15) is 4.79 Å². The molecule has 10 heteroatoms. The number of rotatable bonds is 8. The molecule has 0 atom stereocenters. The molecule has 0 unspecified atom stereocenters. The molecule has 0 radical (unpaired) electrons. The van der Waals surface area contributed by atoms with Gasteiger partial charge in [-0.05, 0) is 55.7 Å². The van der Waals surface area contributed by atoms with Crippen molar-refractivity contribution in [2.75, 3.05) is 14.2 Å². The molecule has 10 nitrogen and oxygen atoms in total. The summed E-state index contributed by atoms with van der Waals surface area (Å²) in [5.74, 6) is 2.39. The van der Waals surface area contributed by atoms with Crippen LogP contribution in [0.15, 0.2) is 24.3 Å². The van der Waals surface area contributed by atoms with Crippen molar-refractivity contribution in [2.24, 2.45) is 7.05 Å². The second-order valence-electron chi connectivity index (χ2n) is 7.74. The lowest BCUT2D eigenvalue weighted by molar-refractivity contribution is -0.121. The van der Waals surface area contributed by atoms with Crippen molar-refractivity contribution >= 4 is 16.9 Å². The predicted molar refractivity (Wildman–Crippen MR) is 123 cm³/mol. The van der Waals surface area contributed by atoms with Gasteiger partial charge in [0.2, 0.25) is 11.8 Å². The number of H-pyrrole nitrogens is 1. The average Bonchev–Trinajstić information content (AvgIpc) is 3.42. The molecule has 0 saturated carbocycles. The molecule has 0 spiro atoms. The number of nitrogens with zero attached hydrogens (tertiary/aromatic N) is 5. The van der Waals surface area contributed by atoms with Gasteiger partial charge in [-0.1, -0.05) is 0 Å². The van der Waals surface area contributed by atoms with Crippen molar-refractivity contribution in [3.8, 4) is 23.0 Å². The van der Waals surface area contributed by atoms with Crippen LogP contribution in [0.3, 0.4) is 0 Å². The van der Waals surface area contributed by atoms with Crippen LogP contribution in [-0.2, 0) is 24.8 Å². The number of hydrogen-bond donors (Lipinski definition) is 2. The number of methoxy groups -OCH3 is 2. The minimum Gasteiger partial charge on any atom is -0.497 e. The quantitative estimate of drug-likeness (QED) is 0.424. The van der Waals surface area contributed by atoms with Crippen molar-refractivity contribution < 1.29 is 14.3 Å². The van der Waals surface area contributed by atoms with E-state index in [0.717, 1.165) is 39.2 Å². The molecule has 0 saturated heterocycles. The van der Waals surface area contributed by atoms with Crippen LogP contribution in [-0.4, -0.2) is 50.1 Å². The van der Waals surface area contributed by atoms with E-state index in [1.807, 2.05) is 45.2 Å². The number of carbonyl (C=O) groups excluding carboxylic acids is 1. The number of aromatic amines is 1. The summed E-state index contributed by atoms with van der Waals surface area (Å²) in [4.78, 5) is 21.6. The molecule has 0 aliphatic heterocycles. The smallest absolute Gasteiger partial charge is 0.242 e. The third-order valence-electron chi connectivity index (χ3n) is 5.65. The van der Waals surface area contributed by atoms with Crippen LogP contribution in [0.5, 0.6) is 11.6 Å². The number of fused-ring (bicyclic) bond motifs is 1. The summed E-state index contributed by atoms with van der Waals surface area (Å²) in [6.07, 6.45) is 0.898. The maximum atomic E-state index is 12.5. The van der Waals surface area contributed by atoms with Gasteiger partial charge in [-0.3, -0.25) is 9.89 Å². The minimum absolute atomic E-state index is 0.0746. The predicted octanol–water partition coefficient (Wildman–Crippen LogP) is 2.64. The Morgan fingerprint density at radius 3 is 2.58 bits per heavy atom. The maximum absolute atomic E-state index is 12.5. The van der Waals surface area contributed by atoms with Gasteiger partial charge < -0.3 is 14.8 Å². The van der Waals surface area contributed by atoms with Gasteiger partial charge in [0.05, 0.1) is 26.2 Å². The van der Waals surface area contributed by atoms with E-state index >= 15 is 0 Å². The molecule has 0 bridgehead atoms. The van der Waals surface area contributed by atoms with Crippen LogP contribution in [0.4, 0.5) is 0 Å². The first-order valence-electron chi connectivity index (χ1n) is 10.6. The van der Waals surface area contributed by atoms with E-state index in [4.69, 9.17) is 9.47 Å². The Balaban J connectivity index is 1.38. The van der Waals surface area contributed by atoms with E-state index in [0.29, 0.717) is 30.4 Å². The number of benzene rings is 1. The lowest BCUT2D eigenvalue weighted by Crippen LogP contribution is -2.24. The van der Waals surface area contributed by atoms with Crippen LogP contribution in [0.25, 0.3) is 22.4 Å². The van der Waals surface area contributed by atoms with Gasteiger partial charge in [-0.25, -0.2) is 14.6 Å². The van der Waals surface area contributed by atoms with Crippen LogP contribution in [0.1, 0.15) is 29.1 Å². The number of ether oxygens (including phenoxy) is 2. The monoisotopic (exact) mass is 449 g/mol. The van der Waals surface area contributed by atoms with Crippen molar-refractivity contribution in [1.29, 1.82) is 0 Å². The molecule has 4 aromatic rings. The molecular weight excluding hydrogens is 422 g/mol. The van der Waals surface area contributed by atoms with Gasteiger partial charge in [0.25, 0.3) is 0 Å². The normalized spacial score (nSPS) is 11.1. The Bertz CT molecular complexity index is 1290. The molecule has 4 rings (SSSR count). The Morgan fingerprint density at radius 2 is 1.88 bits per heavy atom. The largest absolute Gasteiger partial charge is 0.497 e. The average molecular weight is 450 g/mol. The molecular formula is C23H27N7O3. The number of aromatic nitrogens is 6. The van der Waals surface area contributed by atoms with E-state index in [-0.39, 0.29) is 12.5 Å². The Labute approximate surface area is 191 Å². The van der Waals surface area contributed by atoms with E-state index < -0.39 is 0 Å². The molecule has 172 valence electrons. The van der Waals surface area contributed by atoms with Gasteiger partial charge in [-0.2, -0.15) is 5.10 Å². The van der Waals surface area contributed by atoms with Crippen LogP contribution >= 0.6 is 0 Å². The molecule has 0 aliphatic carbocycles. The summed E-state index contributed by atoms with van der Waals surface area (Å²) < 4.78 is 12.3. The summed E-state index contributed by atoms with van der Waals surface area (Å²) in [6.45, 7) is 4.24.